The van der Waals surface area contributed by atoms with E-state index in [1.54, 1.807) is 29.1 Å². The van der Waals surface area contributed by atoms with Gasteiger partial charge in [-0.25, -0.2) is 4.39 Å². The second-order valence-corrected chi connectivity index (χ2v) is 6.29. The van der Waals surface area contributed by atoms with Crippen LogP contribution in [-0.4, -0.2) is 22.3 Å². The Hall–Kier alpha value is -3.15. The maximum absolute atomic E-state index is 13.8. The molecule has 0 bridgehead atoms. The van der Waals surface area contributed by atoms with Gasteiger partial charge in [0.05, 0.1) is 12.2 Å². The van der Waals surface area contributed by atoms with Gasteiger partial charge in [-0.15, -0.1) is 0 Å². The molecule has 5 nitrogen and oxygen atoms in total. The monoisotopic (exact) mass is 367 g/mol. The molecule has 0 saturated carbocycles. The van der Waals surface area contributed by atoms with E-state index >= 15 is 0 Å². The molecule has 140 valence electrons. The Morgan fingerprint density at radius 2 is 1.93 bits per heavy atom. The zero-order valence-corrected chi connectivity index (χ0v) is 15.1. The number of ether oxygens (including phenoxy) is 1. The highest BCUT2D eigenvalue weighted by Crippen LogP contribution is 2.19. The predicted octanol–water partition coefficient (Wildman–Crippen LogP) is 3.43. The van der Waals surface area contributed by atoms with E-state index in [-0.39, 0.29) is 24.3 Å². The molecule has 0 aliphatic rings. The van der Waals surface area contributed by atoms with Crippen molar-refractivity contribution in [3.8, 4) is 5.75 Å². The number of aryl methyl sites for hydroxylation is 2. The van der Waals surface area contributed by atoms with E-state index in [1.165, 1.54) is 6.07 Å². The number of nitrogens with zero attached hydrogens (tertiary/aromatic N) is 2. The van der Waals surface area contributed by atoms with Crippen LogP contribution in [0.3, 0.4) is 0 Å². The number of carbonyl (C=O) groups is 1. The molecule has 0 spiro atoms. The summed E-state index contributed by atoms with van der Waals surface area (Å²) in [6.45, 7) is 0.142. The molecule has 2 aromatic carbocycles. The molecule has 3 aromatic rings. The Morgan fingerprint density at radius 3 is 2.63 bits per heavy atom. The number of halogens is 1. The van der Waals surface area contributed by atoms with Crippen molar-refractivity contribution >= 4 is 5.91 Å². The van der Waals surface area contributed by atoms with Crippen LogP contribution in [0.5, 0.6) is 5.75 Å². The normalized spacial score (nSPS) is 11.8. The number of rotatable bonds is 8. The van der Waals surface area contributed by atoms with Gasteiger partial charge >= 0.3 is 0 Å². The zero-order chi connectivity index (χ0) is 19.1. The third-order valence-corrected chi connectivity index (χ3v) is 4.18. The van der Waals surface area contributed by atoms with Gasteiger partial charge in [0.2, 0.25) is 5.91 Å². The molecular weight excluding hydrogens is 345 g/mol. The molecule has 0 saturated heterocycles. The van der Waals surface area contributed by atoms with Crippen molar-refractivity contribution in [2.45, 2.75) is 18.9 Å². The Morgan fingerprint density at radius 1 is 1.19 bits per heavy atom. The minimum absolute atomic E-state index is 0.0927. The number of benzene rings is 2. The summed E-state index contributed by atoms with van der Waals surface area (Å²) in [7, 11) is 1.84. The highest BCUT2D eigenvalue weighted by molar-refractivity contribution is 5.76. The Labute approximate surface area is 157 Å². The molecule has 0 fully saturated rings. The maximum Gasteiger partial charge on any atom is 0.220 e. The molecule has 1 aromatic heterocycles. The van der Waals surface area contributed by atoms with Crippen molar-refractivity contribution in [2.75, 3.05) is 6.61 Å². The zero-order valence-electron chi connectivity index (χ0n) is 15.1. The molecule has 0 aliphatic heterocycles. The van der Waals surface area contributed by atoms with Crippen molar-refractivity contribution < 1.29 is 13.9 Å². The van der Waals surface area contributed by atoms with Crippen molar-refractivity contribution in [1.82, 2.24) is 15.1 Å². The summed E-state index contributed by atoms with van der Waals surface area (Å²) in [5, 5.41) is 7.09. The molecule has 0 aliphatic carbocycles. The summed E-state index contributed by atoms with van der Waals surface area (Å²) in [4.78, 5) is 12.4. The quantitative estimate of drug-likeness (QED) is 0.664. The van der Waals surface area contributed by atoms with Crippen molar-refractivity contribution in [2.24, 2.45) is 7.05 Å². The van der Waals surface area contributed by atoms with E-state index in [9.17, 15) is 9.18 Å². The smallest absolute Gasteiger partial charge is 0.220 e. The highest BCUT2D eigenvalue weighted by atomic mass is 19.1. The van der Waals surface area contributed by atoms with Crippen molar-refractivity contribution in [3.63, 3.8) is 0 Å². The summed E-state index contributed by atoms with van der Waals surface area (Å²) in [6.07, 6.45) is 4.59. The van der Waals surface area contributed by atoms with Crippen LogP contribution >= 0.6 is 0 Å². The van der Waals surface area contributed by atoms with Gasteiger partial charge in [-0.2, -0.15) is 5.10 Å². The number of amides is 1. The fraction of sp³-hybridized carbons (Fsp3) is 0.238. The van der Waals surface area contributed by atoms with E-state index < -0.39 is 5.82 Å². The van der Waals surface area contributed by atoms with Gasteiger partial charge in [0, 0.05) is 19.7 Å². The van der Waals surface area contributed by atoms with Gasteiger partial charge in [0.25, 0.3) is 0 Å². The van der Waals surface area contributed by atoms with E-state index in [0.717, 1.165) is 11.1 Å². The van der Waals surface area contributed by atoms with E-state index in [0.29, 0.717) is 12.8 Å². The summed E-state index contributed by atoms with van der Waals surface area (Å²) in [6, 6.07) is 15.4. The molecule has 0 radical (unpaired) electrons. The molecule has 1 unspecified atom stereocenters. The standard InChI is InChI=1S/C21H22FN3O2/c1-25-14-16(13-23-25)11-12-21(26)24-19(17-7-3-2-4-8-17)15-27-20-10-6-5-9-18(20)22/h2-10,13-14,19H,11-12,15H2,1H3,(H,24,26). The topological polar surface area (TPSA) is 56.2 Å². The Kier molecular flexibility index (Phi) is 6.20. The van der Waals surface area contributed by atoms with E-state index in [4.69, 9.17) is 4.74 Å². The summed E-state index contributed by atoms with van der Waals surface area (Å²) >= 11 is 0. The van der Waals surface area contributed by atoms with Gasteiger partial charge < -0.3 is 10.1 Å². The van der Waals surface area contributed by atoms with Gasteiger partial charge in [0.1, 0.15) is 6.61 Å². The average Bonchev–Trinajstić information content (AvgIpc) is 3.10. The molecule has 1 heterocycles. The summed E-state index contributed by atoms with van der Waals surface area (Å²) in [5.74, 6) is -0.347. The molecular formula is C21H22FN3O2. The largest absolute Gasteiger partial charge is 0.488 e. The second kappa shape index (κ2) is 8.98. The first-order chi connectivity index (χ1) is 13.1. The van der Waals surface area contributed by atoms with Crippen LogP contribution in [0, 0.1) is 5.82 Å². The lowest BCUT2D eigenvalue weighted by atomic mass is 10.1. The number of hydrogen-bond donors (Lipinski definition) is 1. The lowest BCUT2D eigenvalue weighted by Crippen LogP contribution is -2.32. The lowest BCUT2D eigenvalue weighted by molar-refractivity contribution is -0.122. The van der Waals surface area contributed by atoms with Gasteiger partial charge in [0.15, 0.2) is 11.6 Å². The minimum atomic E-state index is -0.424. The van der Waals surface area contributed by atoms with Crippen molar-refractivity contribution in [3.05, 3.63) is 83.9 Å². The van der Waals surface area contributed by atoms with Crippen LogP contribution in [0.4, 0.5) is 4.39 Å². The molecule has 6 heteroatoms. The van der Waals surface area contributed by atoms with Gasteiger partial charge in [-0.3, -0.25) is 9.48 Å². The molecule has 1 N–H and O–H groups in total. The number of carbonyl (C=O) groups excluding carboxylic acids is 1. The maximum atomic E-state index is 13.8. The Balaban J connectivity index is 1.63. The molecule has 3 rings (SSSR count). The Bertz CT molecular complexity index is 880. The number of aromatic nitrogens is 2. The van der Waals surface area contributed by atoms with Crippen molar-refractivity contribution in [1.29, 1.82) is 0 Å². The first-order valence-corrected chi connectivity index (χ1v) is 8.81. The summed E-state index contributed by atoms with van der Waals surface area (Å²) < 4.78 is 21.1. The van der Waals surface area contributed by atoms with Crippen LogP contribution in [0.2, 0.25) is 0 Å². The third kappa shape index (κ3) is 5.41. The number of para-hydroxylation sites is 1. The first kappa shape index (κ1) is 18.6. The SMILES string of the molecule is Cn1cc(CCC(=O)NC(COc2ccccc2F)c2ccccc2)cn1. The van der Waals surface area contributed by atoms with Crippen LogP contribution in [0.15, 0.2) is 67.0 Å². The minimum Gasteiger partial charge on any atom is -0.488 e. The van der Waals surface area contributed by atoms with Gasteiger partial charge in [-0.05, 0) is 29.7 Å². The molecule has 1 atom stereocenters. The fourth-order valence-corrected chi connectivity index (χ4v) is 2.77. The van der Waals surface area contributed by atoms with Crippen LogP contribution in [-0.2, 0) is 18.3 Å². The lowest BCUT2D eigenvalue weighted by Gasteiger charge is -2.20. The second-order valence-electron chi connectivity index (χ2n) is 6.29. The first-order valence-electron chi connectivity index (χ1n) is 8.81. The average molecular weight is 367 g/mol. The molecule has 1 amide bonds. The van der Waals surface area contributed by atoms with Crippen LogP contribution in [0.1, 0.15) is 23.6 Å². The van der Waals surface area contributed by atoms with Crippen LogP contribution in [0.25, 0.3) is 0 Å². The molecule has 27 heavy (non-hydrogen) atoms. The fourth-order valence-electron chi connectivity index (χ4n) is 2.77. The van der Waals surface area contributed by atoms with E-state index in [1.807, 2.05) is 43.6 Å². The highest BCUT2D eigenvalue weighted by Gasteiger charge is 2.16. The number of hydrogen-bond acceptors (Lipinski definition) is 3. The van der Waals surface area contributed by atoms with Gasteiger partial charge in [-0.1, -0.05) is 42.5 Å². The van der Waals surface area contributed by atoms with Crippen LogP contribution < -0.4 is 10.1 Å². The summed E-state index contributed by atoms with van der Waals surface area (Å²) in [5.41, 5.74) is 1.91. The predicted molar refractivity (Wildman–Crippen MR) is 101 cm³/mol. The number of nitrogens with one attached hydrogen (secondary N) is 1. The van der Waals surface area contributed by atoms with E-state index in [2.05, 4.69) is 10.4 Å². The third-order valence-electron chi connectivity index (χ3n) is 4.18.